The smallest absolute Gasteiger partial charge is 0.223 e. The lowest BCUT2D eigenvalue weighted by molar-refractivity contribution is -0.123. The van der Waals surface area contributed by atoms with Crippen LogP contribution in [-0.4, -0.2) is 50.1 Å². The topological polar surface area (TPSA) is 44.8 Å². The second-order valence-electron chi connectivity index (χ2n) is 7.73. The lowest BCUT2D eigenvalue weighted by atomic mass is 10.0. The number of carbonyl (C=O) groups excluding carboxylic acids is 1. The molecule has 1 aliphatic carbocycles. The highest BCUT2D eigenvalue weighted by Crippen LogP contribution is 2.34. The van der Waals surface area contributed by atoms with Gasteiger partial charge in [0.25, 0.3) is 0 Å². The highest BCUT2D eigenvalue weighted by molar-refractivity contribution is 7.10. The molecule has 0 unspecified atom stereocenters. The summed E-state index contributed by atoms with van der Waals surface area (Å²) in [6.07, 6.45) is 2.08. The van der Waals surface area contributed by atoms with Gasteiger partial charge in [-0.05, 0) is 43.3 Å². The van der Waals surface area contributed by atoms with E-state index in [1.807, 2.05) is 12.1 Å². The first-order chi connectivity index (χ1) is 13.7. The van der Waals surface area contributed by atoms with Crippen LogP contribution in [0.2, 0.25) is 0 Å². The predicted molar refractivity (Wildman–Crippen MR) is 114 cm³/mol. The Labute approximate surface area is 171 Å². The monoisotopic (exact) mass is 399 g/mol. The first kappa shape index (κ1) is 19.3. The number of nitrogens with one attached hydrogen (secondary N) is 1. The molecular weight excluding hydrogens is 370 g/mol. The van der Waals surface area contributed by atoms with Crippen LogP contribution in [-0.2, 0) is 4.79 Å². The Morgan fingerprint density at radius 2 is 1.89 bits per heavy atom. The van der Waals surface area contributed by atoms with Gasteiger partial charge in [0, 0.05) is 43.0 Å². The fourth-order valence-corrected chi connectivity index (χ4v) is 5.06. The number of ether oxygens (including phenoxy) is 1. The van der Waals surface area contributed by atoms with Crippen LogP contribution in [0.1, 0.15) is 30.7 Å². The molecule has 1 N–H and O–H groups in total. The molecule has 0 spiro atoms. The number of carbonyl (C=O) groups is 1. The second-order valence-corrected chi connectivity index (χ2v) is 8.71. The minimum absolute atomic E-state index is 0.101. The fourth-order valence-electron chi connectivity index (χ4n) is 4.10. The van der Waals surface area contributed by atoms with Gasteiger partial charge in [-0.25, -0.2) is 0 Å². The lowest BCUT2D eigenvalue weighted by Crippen LogP contribution is -2.52. The van der Waals surface area contributed by atoms with E-state index in [-0.39, 0.29) is 23.9 Å². The molecule has 1 amide bonds. The summed E-state index contributed by atoms with van der Waals surface area (Å²) in [6.45, 7) is 5.98. The van der Waals surface area contributed by atoms with E-state index in [2.05, 4.69) is 51.7 Å². The zero-order valence-electron chi connectivity index (χ0n) is 16.6. The van der Waals surface area contributed by atoms with Crippen LogP contribution in [0.3, 0.4) is 0 Å². The zero-order chi connectivity index (χ0) is 19.5. The maximum Gasteiger partial charge on any atom is 0.223 e. The number of amides is 1. The van der Waals surface area contributed by atoms with E-state index in [4.69, 9.17) is 4.74 Å². The van der Waals surface area contributed by atoms with Gasteiger partial charge in [-0.15, -0.1) is 11.3 Å². The third-order valence-corrected chi connectivity index (χ3v) is 6.70. The Bertz CT molecular complexity index is 783. The summed E-state index contributed by atoms with van der Waals surface area (Å²) in [5.74, 6) is 1.39. The molecule has 1 aromatic carbocycles. The molecular formula is C22H29N3O2S. The van der Waals surface area contributed by atoms with Crippen LogP contribution in [0.15, 0.2) is 41.8 Å². The van der Waals surface area contributed by atoms with Gasteiger partial charge in [0.15, 0.2) is 0 Å². The number of hydrogen-bond donors (Lipinski definition) is 1. The number of benzene rings is 1. The number of hydrogen-bond acceptors (Lipinski definition) is 5. The molecule has 1 aliphatic heterocycles. The summed E-state index contributed by atoms with van der Waals surface area (Å²) in [5.41, 5.74) is 1.16. The molecule has 2 fully saturated rings. The number of methoxy groups -OCH3 is 1. The number of para-hydroxylation sites is 2. The van der Waals surface area contributed by atoms with Crippen molar-refractivity contribution in [1.82, 2.24) is 10.2 Å². The fraction of sp³-hybridized carbons (Fsp3) is 0.500. The number of nitrogens with zero attached hydrogens (tertiary/aromatic N) is 2. The van der Waals surface area contributed by atoms with E-state index >= 15 is 0 Å². The molecule has 5 nitrogen and oxygen atoms in total. The van der Waals surface area contributed by atoms with E-state index in [0.29, 0.717) is 0 Å². The molecule has 150 valence electrons. The van der Waals surface area contributed by atoms with Crippen molar-refractivity contribution in [2.75, 3.05) is 38.2 Å². The van der Waals surface area contributed by atoms with Crippen molar-refractivity contribution in [1.29, 1.82) is 0 Å². The average molecular weight is 400 g/mol. The van der Waals surface area contributed by atoms with Crippen molar-refractivity contribution in [3.05, 3.63) is 46.7 Å². The van der Waals surface area contributed by atoms with Crippen LogP contribution in [0.4, 0.5) is 5.69 Å². The van der Waals surface area contributed by atoms with E-state index < -0.39 is 0 Å². The van der Waals surface area contributed by atoms with E-state index in [1.165, 1.54) is 4.88 Å². The first-order valence-electron chi connectivity index (χ1n) is 10.1. The summed E-state index contributed by atoms with van der Waals surface area (Å²) in [6, 6.07) is 12.8. The van der Waals surface area contributed by atoms with Gasteiger partial charge in [-0.3, -0.25) is 9.69 Å². The first-order valence-corrected chi connectivity index (χ1v) is 11.0. The van der Waals surface area contributed by atoms with Crippen LogP contribution in [0, 0.1) is 5.92 Å². The molecule has 4 rings (SSSR count). The molecule has 0 bridgehead atoms. The number of anilines is 1. The summed E-state index contributed by atoms with van der Waals surface area (Å²) >= 11 is 1.78. The van der Waals surface area contributed by atoms with Crippen molar-refractivity contribution in [3.8, 4) is 5.75 Å². The molecule has 1 saturated heterocycles. The largest absolute Gasteiger partial charge is 0.495 e. The number of rotatable bonds is 7. The minimum atomic E-state index is 0.101. The Morgan fingerprint density at radius 1 is 1.14 bits per heavy atom. The molecule has 1 aromatic heterocycles. The molecule has 2 heterocycles. The zero-order valence-corrected chi connectivity index (χ0v) is 17.5. The van der Waals surface area contributed by atoms with Gasteiger partial charge >= 0.3 is 0 Å². The Hall–Kier alpha value is -2.05. The SMILES string of the molecule is COc1ccccc1N1CCN([C@H](c2cccs2)[C@H](C)NC(=O)C2CC2)CC1. The van der Waals surface area contributed by atoms with Crippen molar-refractivity contribution >= 4 is 22.9 Å². The average Bonchev–Trinajstić information content (AvgIpc) is 3.45. The summed E-state index contributed by atoms with van der Waals surface area (Å²) in [4.78, 5) is 18.6. The summed E-state index contributed by atoms with van der Waals surface area (Å²) < 4.78 is 5.54. The molecule has 2 atom stereocenters. The van der Waals surface area contributed by atoms with E-state index in [9.17, 15) is 4.79 Å². The maximum absolute atomic E-state index is 12.3. The third-order valence-electron chi connectivity index (χ3n) is 5.76. The van der Waals surface area contributed by atoms with Gasteiger partial charge < -0.3 is 15.0 Å². The van der Waals surface area contributed by atoms with Crippen LogP contribution in [0.5, 0.6) is 5.75 Å². The van der Waals surface area contributed by atoms with Crippen LogP contribution >= 0.6 is 11.3 Å². The Morgan fingerprint density at radius 3 is 2.54 bits per heavy atom. The molecule has 0 radical (unpaired) electrons. The van der Waals surface area contributed by atoms with Crippen molar-refractivity contribution < 1.29 is 9.53 Å². The van der Waals surface area contributed by atoms with Crippen molar-refractivity contribution in [2.45, 2.75) is 31.8 Å². The van der Waals surface area contributed by atoms with Gasteiger partial charge in [-0.2, -0.15) is 0 Å². The molecule has 1 saturated carbocycles. The molecule has 2 aliphatic rings. The lowest BCUT2D eigenvalue weighted by Gasteiger charge is -2.42. The van der Waals surface area contributed by atoms with Gasteiger partial charge in [0.2, 0.25) is 5.91 Å². The van der Waals surface area contributed by atoms with Crippen LogP contribution in [0.25, 0.3) is 0 Å². The second kappa shape index (κ2) is 8.53. The number of thiophene rings is 1. The quantitative estimate of drug-likeness (QED) is 0.774. The van der Waals surface area contributed by atoms with Crippen molar-refractivity contribution in [2.24, 2.45) is 5.92 Å². The molecule has 6 heteroatoms. The standard InChI is InChI=1S/C22H29N3O2S/c1-16(23-22(26)17-9-10-17)21(20-8-5-15-28-20)25-13-11-24(12-14-25)18-6-3-4-7-19(18)27-2/h3-8,15-17,21H,9-14H2,1-2H3,(H,23,26)/t16-,21-/m0/s1. The molecule has 2 aromatic rings. The Balaban J connectivity index is 1.45. The van der Waals surface area contributed by atoms with Gasteiger partial charge in [0.1, 0.15) is 5.75 Å². The van der Waals surface area contributed by atoms with E-state index in [0.717, 1.165) is 50.5 Å². The minimum Gasteiger partial charge on any atom is -0.495 e. The summed E-state index contributed by atoms with van der Waals surface area (Å²) in [7, 11) is 1.73. The van der Waals surface area contributed by atoms with Crippen LogP contribution < -0.4 is 15.0 Å². The number of piperazine rings is 1. The van der Waals surface area contributed by atoms with Gasteiger partial charge in [0.05, 0.1) is 18.8 Å². The predicted octanol–water partition coefficient (Wildman–Crippen LogP) is 3.53. The third kappa shape index (κ3) is 4.18. The maximum atomic E-state index is 12.3. The highest BCUT2D eigenvalue weighted by Gasteiger charge is 2.35. The normalized spacial score (nSPS) is 19.9. The molecule has 28 heavy (non-hydrogen) atoms. The summed E-state index contributed by atoms with van der Waals surface area (Å²) in [5, 5.41) is 5.41. The van der Waals surface area contributed by atoms with Crippen molar-refractivity contribution in [3.63, 3.8) is 0 Å². The highest BCUT2D eigenvalue weighted by atomic mass is 32.1. The van der Waals surface area contributed by atoms with E-state index in [1.54, 1.807) is 18.4 Å². The Kier molecular flexibility index (Phi) is 5.87. The van der Waals surface area contributed by atoms with Gasteiger partial charge in [-0.1, -0.05) is 18.2 Å².